The van der Waals surface area contributed by atoms with Gasteiger partial charge in [-0.2, -0.15) is 0 Å². The highest BCUT2D eigenvalue weighted by Crippen LogP contribution is 2.19. The van der Waals surface area contributed by atoms with Crippen LogP contribution in [0.3, 0.4) is 0 Å². The molecule has 0 spiro atoms. The molecule has 0 saturated heterocycles. The molecule has 0 atom stereocenters. The second-order valence-electron chi connectivity index (χ2n) is 6.75. The van der Waals surface area contributed by atoms with Gasteiger partial charge in [0.25, 0.3) is 0 Å². The first-order chi connectivity index (χ1) is 8.20. The van der Waals surface area contributed by atoms with Crippen LogP contribution in [0.5, 0.6) is 0 Å². The van der Waals surface area contributed by atoms with Gasteiger partial charge in [0.2, 0.25) is 5.91 Å². The molecule has 0 unspecified atom stereocenters. The van der Waals surface area contributed by atoms with E-state index in [1.54, 1.807) is 0 Å². The first kappa shape index (κ1) is 17.4. The van der Waals surface area contributed by atoms with E-state index in [-0.39, 0.29) is 5.91 Å². The van der Waals surface area contributed by atoms with Crippen molar-refractivity contribution in [2.24, 2.45) is 23.0 Å². The molecule has 0 aliphatic carbocycles. The molecule has 3 nitrogen and oxygen atoms in total. The van der Waals surface area contributed by atoms with Crippen LogP contribution in [0.4, 0.5) is 0 Å². The lowest BCUT2D eigenvalue weighted by Crippen LogP contribution is -2.45. The molecule has 0 fully saturated rings. The van der Waals surface area contributed by atoms with Gasteiger partial charge >= 0.3 is 0 Å². The Hall–Kier alpha value is -0.570. The zero-order valence-corrected chi connectivity index (χ0v) is 13.1. The smallest absolute Gasteiger partial charge is 0.229 e. The predicted octanol–water partition coefficient (Wildman–Crippen LogP) is 2.89. The second kappa shape index (κ2) is 7.78. The number of rotatable bonds is 8. The van der Waals surface area contributed by atoms with Crippen LogP contribution in [0.1, 0.15) is 54.4 Å². The molecule has 0 aliphatic heterocycles. The Labute approximate surface area is 113 Å². The van der Waals surface area contributed by atoms with E-state index in [2.05, 4.69) is 27.7 Å². The van der Waals surface area contributed by atoms with E-state index in [1.807, 2.05) is 18.7 Å². The number of amides is 1. The van der Waals surface area contributed by atoms with Crippen LogP contribution in [-0.2, 0) is 4.79 Å². The largest absolute Gasteiger partial charge is 0.342 e. The van der Waals surface area contributed by atoms with E-state index < -0.39 is 5.41 Å². The lowest BCUT2D eigenvalue weighted by Gasteiger charge is -2.32. The molecule has 2 N–H and O–H groups in total. The van der Waals surface area contributed by atoms with E-state index in [1.165, 1.54) is 0 Å². The van der Waals surface area contributed by atoms with Crippen LogP contribution >= 0.6 is 0 Å². The van der Waals surface area contributed by atoms with Crippen molar-refractivity contribution < 1.29 is 4.79 Å². The Morgan fingerprint density at radius 3 is 1.72 bits per heavy atom. The van der Waals surface area contributed by atoms with Gasteiger partial charge in [0.05, 0.1) is 5.41 Å². The van der Waals surface area contributed by atoms with Crippen molar-refractivity contribution in [2.45, 2.75) is 54.4 Å². The number of hydrogen-bond acceptors (Lipinski definition) is 2. The van der Waals surface area contributed by atoms with E-state index in [0.29, 0.717) is 18.4 Å². The Bertz CT molecular complexity index is 235. The molecule has 0 aromatic carbocycles. The molecule has 18 heavy (non-hydrogen) atoms. The summed E-state index contributed by atoms with van der Waals surface area (Å²) in [5.41, 5.74) is 5.27. The fourth-order valence-electron chi connectivity index (χ4n) is 1.66. The van der Waals surface area contributed by atoms with Gasteiger partial charge in [-0.1, -0.05) is 27.7 Å². The molecular formula is C15H32N2O. The average Bonchev–Trinajstić information content (AvgIpc) is 2.27. The Kier molecular flexibility index (Phi) is 7.53. The van der Waals surface area contributed by atoms with E-state index >= 15 is 0 Å². The van der Waals surface area contributed by atoms with Crippen LogP contribution in [0.25, 0.3) is 0 Å². The monoisotopic (exact) mass is 256 g/mol. The first-order valence-electron chi connectivity index (χ1n) is 7.20. The summed E-state index contributed by atoms with van der Waals surface area (Å²) in [4.78, 5) is 14.5. The standard InChI is InChI=1S/C15H32N2O/c1-12(2)7-9-17(10-8-13(3)4)14(18)15(5,6)11-16/h12-13H,7-11,16H2,1-6H3. The Balaban J connectivity index is 4.58. The fourth-order valence-corrected chi connectivity index (χ4v) is 1.66. The predicted molar refractivity (Wildman–Crippen MR) is 78.3 cm³/mol. The second-order valence-corrected chi connectivity index (χ2v) is 6.75. The van der Waals surface area contributed by atoms with Crippen LogP contribution in [-0.4, -0.2) is 30.4 Å². The fraction of sp³-hybridized carbons (Fsp3) is 0.933. The van der Waals surface area contributed by atoms with Crippen LogP contribution < -0.4 is 5.73 Å². The third kappa shape index (κ3) is 6.39. The van der Waals surface area contributed by atoms with E-state index in [9.17, 15) is 4.79 Å². The maximum absolute atomic E-state index is 12.5. The summed E-state index contributed by atoms with van der Waals surface area (Å²) in [6.07, 6.45) is 2.12. The van der Waals surface area contributed by atoms with Gasteiger partial charge in [0, 0.05) is 19.6 Å². The summed E-state index contributed by atoms with van der Waals surface area (Å²) < 4.78 is 0. The van der Waals surface area contributed by atoms with Crippen LogP contribution in [0.2, 0.25) is 0 Å². The molecule has 0 rings (SSSR count). The number of carbonyl (C=O) groups excluding carboxylic acids is 1. The van der Waals surface area contributed by atoms with Crippen molar-refractivity contribution in [3.05, 3.63) is 0 Å². The summed E-state index contributed by atoms with van der Waals surface area (Å²) in [6, 6.07) is 0. The zero-order chi connectivity index (χ0) is 14.3. The van der Waals surface area contributed by atoms with Crippen molar-refractivity contribution in [3.8, 4) is 0 Å². The molecule has 0 aromatic heterocycles. The van der Waals surface area contributed by atoms with Gasteiger partial charge in [0.1, 0.15) is 0 Å². The van der Waals surface area contributed by atoms with Crippen molar-refractivity contribution in [3.63, 3.8) is 0 Å². The quantitative estimate of drug-likeness (QED) is 0.726. The molecule has 0 radical (unpaired) electrons. The number of hydrogen-bond donors (Lipinski definition) is 1. The third-order valence-corrected chi connectivity index (χ3v) is 3.33. The lowest BCUT2D eigenvalue weighted by atomic mass is 9.91. The Morgan fingerprint density at radius 1 is 1.06 bits per heavy atom. The SMILES string of the molecule is CC(C)CCN(CCC(C)C)C(=O)C(C)(C)CN. The summed E-state index contributed by atoms with van der Waals surface area (Å²) in [7, 11) is 0. The van der Waals surface area contributed by atoms with Gasteiger partial charge in [-0.15, -0.1) is 0 Å². The van der Waals surface area contributed by atoms with E-state index in [4.69, 9.17) is 5.73 Å². The average molecular weight is 256 g/mol. The van der Waals surface area contributed by atoms with Crippen molar-refractivity contribution in [1.29, 1.82) is 0 Å². The number of nitrogens with two attached hydrogens (primary N) is 1. The summed E-state index contributed by atoms with van der Waals surface area (Å²) in [5, 5.41) is 0. The molecule has 3 heteroatoms. The van der Waals surface area contributed by atoms with Gasteiger partial charge in [-0.05, 0) is 38.5 Å². The van der Waals surface area contributed by atoms with Gasteiger partial charge in [-0.25, -0.2) is 0 Å². The van der Waals surface area contributed by atoms with Gasteiger partial charge < -0.3 is 10.6 Å². The Morgan fingerprint density at radius 2 is 1.44 bits per heavy atom. The molecular weight excluding hydrogens is 224 g/mol. The summed E-state index contributed by atoms with van der Waals surface area (Å²) in [6.45, 7) is 14.8. The van der Waals surface area contributed by atoms with Crippen molar-refractivity contribution in [2.75, 3.05) is 19.6 Å². The third-order valence-electron chi connectivity index (χ3n) is 3.33. The minimum Gasteiger partial charge on any atom is -0.342 e. The summed E-state index contributed by atoms with van der Waals surface area (Å²) >= 11 is 0. The highest BCUT2D eigenvalue weighted by Gasteiger charge is 2.30. The maximum Gasteiger partial charge on any atom is 0.229 e. The molecule has 0 aliphatic rings. The minimum absolute atomic E-state index is 0.200. The molecule has 1 amide bonds. The topological polar surface area (TPSA) is 46.3 Å². The number of carbonyl (C=O) groups is 1. The highest BCUT2D eigenvalue weighted by molar-refractivity contribution is 5.82. The number of nitrogens with zero attached hydrogens (tertiary/aromatic N) is 1. The molecule has 108 valence electrons. The van der Waals surface area contributed by atoms with Crippen LogP contribution in [0, 0.1) is 17.3 Å². The molecule has 0 saturated carbocycles. The van der Waals surface area contributed by atoms with Crippen LogP contribution in [0.15, 0.2) is 0 Å². The van der Waals surface area contributed by atoms with Crippen molar-refractivity contribution in [1.82, 2.24) is 4.90 Å². The maximum atomic E-state index is 12.5. The molecule has 0 bridgehead atoms. The summed E-state index contributed by atoms with van der Waals surface area (Å²) in [5.74, 6) is 1.45. The van der Waals surface area contributed by atoms with Gasteiger partial charge in [-0.3, -0.25) is 4.79 Å². The lowest BCUT2D eigenvalue weighted by molar-refractivity contribution is -0.140. The van der Waals surface area contributed by atoms with E-state index in [0.717, 1.165) is 25.9 Å². The normalized spacial score (nSPS) is 12.3. The first-order valence-corrected chi connectivity index (χ1v) is 7.20. The van der Waals surface area contributed by atoms with Crippen molar-refractivity contribution >= 4 is 5.91 Å². The highest BCUT2D eigenvalue weighted by atomic mass is 16.2. The zero-order valence-electron chi connectivity index (χ0n) is 13.1. The molecule has 0 aromatic rings. The molecule has 0 heterocycles. The minimum atomic E-state index is -0.437. The van der Waals surface area contributed by atoms with Gasteiger partial charge in [0.15, 0.2) is 0 Å².